The van der Waals surface area contributed by atoms with Crippen molar-refractivity contribution in [2.75, 3.05) is 32.8 Å². The van der Waals surface area contributed by atoms with Gasteiger partial charge in [0.2, 0.25) is 10.0 Å². The molecule has 138 valence electrons. The predicted octanol–water partition coefficient (Wildman–Crippen LogP) is 1.16. The molecule has 1 aromatic carbocycles. The van der Waals surface area contributed by atoms with Gasteiger partial charge in [0.1, 0.15) is 12.0 Å². The highest BCUT2D eigenvalue weighted by Gasteiger charge is 2.29. The molecule has 1 aliphatic rings. The van der Waals surface area contributed by atoms with Crippen LogP contribution in [0.2, 0.25) is 0 Å². The first kappa shape index (κ1) is 18.2. The maximum atomic E-state index is 12.6. The normalized spacial score (nSPS) is 16.1. The fourth-order valence-electron chi connectivity index (χ4n) is 2.56. The number of benzene rings is 1. The Morgan fingerprint density at radius 1 is 1.12 bits per heavy atom. The van der Waals surface area contributed by atoms with Gasteiger partial charge < -0.3 is 14.2 Å². The molecule has 0 saturated carbocycles. The summed E-state index contributed by atoms with van der Waals surface area (Å²) in [7, 11) is -3.53. The number of oxime groups is 1. The molecular weight excluding hydrogens is 358 g/mol. The van der Waals surface area contributed by atoms with Crippen molar-refractivity contribution in [3.8, 4) is 0 Å². The van der Waals surface area contributed by atoms with E-state index in [1.165, 1.54) is 16.8 Å². The number of amides is 1. The molecule has 1 aromatic heterocycles. The van der Waals surface area contributed by atoms with Crippen molar-refractivity contribution in [1.29, 1.82) is 0 Å². The summed E-state index contributed by atoms with van der Waals surface area (Å²) in [5, 5.41) is 3.67. The molecular formula is C17H19N3O5S. The maximum absolute atomic E-state index is 12.6. The van der Waals surface area contributed by atoms with Crippen LogP contribution in [0.3, 0.4) is 0 Å². The summed E-state index contributed by atoms with van der Waals surface area (Å²) in [6.07, 6.45) is 2.88. The van der Waals surface area contributed by atoms with Gasteiger partial charge in [-0.1, -0.05) is 23.4 Å². The highest BCUT2D eigenvalue weighted by molar-refractivity contribution is 7.89. The molecule has 0 bridgehead atoms. The van der Waals surface area contributed by atoms with E-state index in [-0.39, 0.29) is 30.5 Å². The standard InChI is InChI=1S/C17H19N3O5S/c21-17(14-25-18-13-15-5-4-12-24-15)19-8-10-20(11-9-19)26(22,23)16-6-2-1-3-7-16/h1-7,12-13H,8-11,14H2/b18-13+. The number of carbonyl (C=O) groups excluding carboxylic acids is 1. The minimum absolute atomic E-state index is 0.206. The van der Waals surface area contributed by atoms with E-state index in [4.69, 9.17) is 9.25 Å². The highest BCUT2D eigenvalue weighted by Crippen LogP contribution is 2.17. The van der Waals surface area contributed by atoms with Crippen molar-refractivity contribution >= 4 is 22.1 Å². The number of sulfonamides is 1. The van der Waals surface area contributed by atoms with Crippen LogP contribution in [0.5, 0.6) is 0 Å². The average Bonchev–Trinajstić information content (AvgIpc) is 3.19. The van der Waals surface area contributed by atoms with Crippen molar-refractivity contribution in [3.63, 3.8) is 0 Å². The smallest absolute Gasteiger partial charge is 0.263 e. The van der Waals surface area contributed by atoms with Gasteiger partial charge in [-0.15, -0.1) is 0 Å². The van der Waals surface area contributed by atoms with Crippen LogP contribution in [0.4, 0.5) is 0 Å². The zero-order valence-electron chi connectivity index (χ0n) is 14.0. The van der Waals surface area contributed by atoms with E-state index < -0.39 is 10.0 Å². The third-order valence-electron chi connectivity index (χ3n) is 3.96. The molecule has 0 radical (unpaired) electrons. The molecule has 8 nitrogen and oxygen atoms in total. The second kappa shape index (κ2) is 8.15. The molecule has 2 aromatic rings. The number of rotatable bonds is 6. The molecule has 3 rings (SSSR count). The van der Waals surface area contributed by atoms with Crippen LogP contribution in [0.25, 0.3) is 0 Å². The Hall–Kier alpha value is -2.65. The minimum Gasteiger partial charge on any atom is -0.463 e. The molecule has 26 heavy (non-hydrogen) atoms. The largest absolute Gasteiger partial charge is 0.463 e. The molecule has 1 saturated heterocycles. The van der Waals surface area contributed by atoms with Crippen LogP contribution in [0.1, 0.15) is 5.76 Å². The summed E-state index contributed by atoms with van der Waals surface area (Å²) in [6, 6.07) is 11.7. The second-order valence-corrected chi connectivity index (χ2v) is 7.56. The van der Waals surface area contributed by atoms with E-state index in [0.29, 0.717) is 18.8 Å². The molecule has 9 heteroatoms. The lowest BCUT2D eigenvalue weighted by atomic mass is 10.3. The third-order valence-corrected chi connectivity index (χ3v) is 5.87. The Balaban J connectivity index is 1.48. The Morgan fingerprint density at radius 3 is 2.50 bits per heavy atom. The van der Waals surface area contributed by atoms with Crippen LogP contribution >= 0.6 is 0 Å². The maximum Gasteiger partial charge on any atom is 0.263 e. The van der Waals surface area contributed by atoms with Crippen molar-refractivity contribution < 1.29 is 22.5 Å². The van der Waals surface area contributed by atoms with Crippen LogP contribution in [0.15, 0.2) is 63.2 Å². The molecule has 0 N–H and O–H groups in total. The summed E-state index contributed by atoms with van der Waals surface area (Å²) in [5.41, 5.74) is 0. The van der Waals surface area contributed by atoms with E-state index >= 15 is 0 Å². The van der Waals surface area contributed by atoms with E-state index in [1.807, 2.05) is 0 Å². The summed E-state index contributed by atoms with van der Waals surface area (Å²) < 4.78 is 31.6. The topological polar surface area (TPSA) is 92.4 Å². The second-order valence-electron chi connectivity index (χ2n) is 5.62. The zero-order chi connectivity index (χ0) is 18.4. The quantitative estimate of drug-likeness (QED) is 0.556. The fourth-order valence-corrected chi connectivity index (χ4v) is 4.00. The van der Waals surface area contributed by atoms with Gasteiger partial charge in [0.05, 0.1) is 11.2 Å². The molecule has 1 fully saturated rings. The number of nitrogens with zero attached hydrogens (tertiary/aromatic N) is 3. The lowest BCUT2D eigenvalue weighted by Crippen LogP contribution is -2.51. The Bertz CT molecular complexity index is 842. The van der Waals surface area contributed by atoms with Gasteiger partial charge in [0.15, 0.2) is 6.61 Å². The van der Waals surface area contributed by atoms with Gasteiger partial charge in [-0.05, 0) is 24.3 Å². The first-order valence-corrected chi connectivity index (χ1v) is 9.53. The summed E-state index contributed by atoms with van der Waals surface area (Å²) in [6.45, 7) is 0.923. The Kier molecular flexibility index (Phi) is 5.69. The monoisotopic (exact) mass is 377 g/mol. The summed E-state index contributed by atoms with van der Waals surface area (Å²) in [5.74, 6) is 0.288. The van der Waals surface area contributed by atoms with Crippen molar-refractivity contribution in [2.24, 2.45) is 5.16 Å². The van der Waals surface area contributed by atoms with E-state index in [1.54, 1.807) is 47.4 Å². The van der Waals surface area contributed by atoms with Gasteiger partial charge in [-0.2, -0.15) is 4.31 Å². The predicted molar refractivity (Wildman–Crippen MR) is 94.0 cm³/mol. The van der Waals surface area contributed by atoms with Gasteiger partial charge in [-0.25, -0.2) is 8.42 Å². The molecule has 1 amide bonds. The summed E-state index contributed by atoms with van der Waals surface area (Å²) in [4.78, 5) is 18.9. The van der Waals surface area contributed by atoms with Crippen molar-refractivity contribution in [1.82, 2.24) is 9.21 Å². The lowest BCUT2D eigenvalue weighted by molar-refractivity contribution is -0.137. The number of hydrogen-bond acceptors (Lipinski definition) is 6. The molecule has 0 unspecified atom stereocenters. The van der Waals surface area contributed by atoms with Crippen LogP contribution in [0, 0.1) is 0 Å². The molecule has 0 spiro atoms. The Labute approximate surface area is 151 Å². The SMILES string of the molecule is O=C(CO/N=C/c1ccco1)N1CCN(S(=O)(=O)c2ccccc2)CC1. The van der Waals surface area contributed by atoms with Gasteiger partial charge >= 0.3 is 0 Å². The molecule has 2 heterocycles. The van der Waals surface area contributed by atoms with Gasteiger partial charge in [0, 0.05) is 26.2 Å². The van der Waals surface area contributed by atoms with E-state index in [9.17, 15) is 13.2 Å². The average molecular weight is 377 g/mol. The van der Waals surface area contributed by atoms with Crippen LogP contribution in [-0.4, -0.2) is 62.5 Å². The first-order valence-electron chi connectivity index (χ1n) is 8.09. The minimum atomic E-state index is -3.53. The molecule has 0 atom stereocenters. The fraction of sp³-hybridized carbons (Fsp3) is 0.294. The van der Waals surface area contributed by atoms with Gasteiger partial charge in [0.25, 0.3) is 5.91 Å². The Morgan fingerprint density at radius 2 is 1.85 bits per heavy atom. The number of carbonyl (C=O) groups is 1. The zero-order valence-corrected chi connectivity index (χ0v) is 14.8. The van der Waals surface area contributed by atoms with Crippen LogP contribution in [-0.2, 0) is 19.7 Å². The highest BCUT2D eigenvalue weighted by atomic mass is 32.2. The van der Waals surface area contributed by atoms with E-state index in [2.05, 4.69) is 5.16 Å². The number of piperazine rings is 1. The van der Waals surface area contributed by atoms with Gasteiger partial charge in [-0.3, -0.25) is 4.79 Å². The van der Waals surface area contributed by atoms with E-state index in [0.717, 1.165) is 0 Å². The third kappa shape index (κ3) is 4.30. The van der Waals surface area contributed by atoms with Crippen LogP contribution < -0.4 is 0 Å². The lowest BCUT2D eigenvalue weighted by Gasteiger charge is -2.33. The van der Waals surface area contributed by atoms with Crippen molar-refractivity contribution in [2.45, 2.75) is 4.90 Å². The molecule has 1 aliphatic heterocycles. The first-order chi connectivity index (χ1) is 12.6. The number of furan rings is 1. The molecule has 0 aliphatic carbocycles. The number of hydrogen-bond donors (Lipinski definition) is 0. The van der Waals surface area contributed by atoms with Crippen molar-refractivity contribution in [3.05, 3.63) is 54.5 Å². The summed E-state index contributed by atoms with van der Waals surface area (Å²) >= 11 is 0.